The molecule has 1 aliphatic rings. The van der Waals surface area contributed by atoms with Gasteiger partial charge in [0, 0.05) is 24.2 Å². The van der Waals surface area contributed by atoms with E-state index in [-0.39, 0.29) is 0 Å². The summed E-state index contributed by atoms with van der Waals surface area (Å²) in [6.45, 7) is 3.69. The molecule has 0 amide bonds. The van der Waals surface area contributed by atoms with Crippen LogP contribution in [0, 0.1) is 0 Å². The third-order valence-corrected chi connectivity index (χ3v) is 6.18. The third kappa shape index (κ3) is 4.83. The Labute approximate surface area is 175 Å². The molecule has 1 atom stereocenters. The van der Waals surface area contributed by atoms with Gasteiger partial charge in [0.15, 0.2) is 11.8 Å². The summed E-state index contributed by atoms with van der Waals surface area (Å²) < 4.78 is 1.99. The van der Waals surface area contributed by atoms with Crippen molar-refractivity contribution in [2.75, 3.05) is 26.7 Å². The van der Waals surface area contributed by atoms with Crippen molar-refractivity contribution in [2.45, 2.75) is 25.4 Å². The Morgan fingerprint density at radius 1 is 1.14 bits per heavy atom. The first-order chi connectivity index (χ1) is 14.3. The van der Waals surface area contributed by atoms with Crippen LogP contribution in [0.5, 0.6) is 0 Å². The lowest BCUT2D eigenvalue weighted by Gasteiger charge is -2.27. The number of para-hydroxylation sites is 1. The van der Waals surface area contributed by atoms with E-state index in [9.17, 15) is 0 Å². The second kappa shape index (κ2) is 9.67. The van der Waals surface area contributed by atoms with Crippen LogP contribution in [0.1, 0.15) is 29.6 Å². The Balaban J connectivity index is 1.37. The minimum absolute atomic E-state index is 0.379. The van der Waals surface area contributed by atoms with Crippen molar-refractivity contribution in [1.29, 1.82) is 0 Å². The van der Waals surface area contributed by atoms with Gasteiger partial charge in [-0.3, -0.25) is 14.5 Å². The van der Waals surface area contributed by atoms with Gasteiger partial charge >= 0.3 is 0 Å². The second-order valence-corrected chi connectivity index (χ2v) is 8.01. The summed E-state index contributed by atoms with van der Waals surface area (Å²) in [6, 6.07) is 14.8. The molecule has 3 aromatic rings. The van der Waals surface area contributed by atoms with Gasteiger partial charge in [0.25, 0.3) is 0 Å². The molecule has 2 N–H and O–H groups in total. The summed E-state index contributed by atoms with van der Waals surface area (Å²) in [5.41, 5.74) is 1.05. The first kappa shape index (κ1) is 19.6. The highest BCUT2D eigenvalue weighted by Crippen LogP contribution is 2.27. The highest BCUT2D eigenvalue weighted by atomic mass is 32.1. The summed E-state index contributed by atoms with van der Waals surface area (Å²) in [6.07, 6.45) is 4.30. The molecule has 0 bridgehead atoms. The number of nitrogens with zero attached hydrogens (tertiary/aromatic N) is 5. The Hall–Kier alpha value is -2.71. The molecule has 8 heteroatoms. The zero-order valence-corrected chi connectivity index (χ0v) is 17.5. The fraction of sp³-hybridized carbons (Fsp3) is 0.381. The summed E-state index contributed by atoms with van der Waals surface area (Å²) in [5.74, 6) is 1.61. The average Bonchev–Trinajstić information content (AvgIpc) is 3.54. The number of hydrogen-bond acceptors (Lipinski definition) is 5. The first-order valence-corrected chi connectivity index (χ1v) is 10.9. The van der Waals surface area contributed by atoms with Crippen LogP contribution in [-0.2, 0) is 6.54 Å². The van der Waals surface area contributed by atoms with E-state index >= 15 is 0 Å². The molecule has 0 radical (unpaired) electrons. The number of thiophene rings is 1. The Bertz CT molecular complexity index is 898. The summed E-state index contributed by atoms with van der Waals surface area (Å²) in [7, 11) is 1.80. The Morgan fingerprint density at radius 2 is 1.97 bits per heavy atom. The molecule has 2 aromatic heterocycles. The van der Waals surface area contributed by atoms with Gasteiger partial charge in [-0.15, -0.1) is 21.5 Å². The molecule has 152 valence electrons. The van der Waals surface area contributed by atoms with Gasteiger partial charge in [0.2, 0.25) is 0 Å². The number of nitrogens with one attached hydrogen (secondary N) is 2. The van der Waals surface area contributed by atoms with Crippen molar-refractivity contribution < 1.29 is 0 Å². The van der Waals surface area contributed by atoms with Crippen LogP contribution < -0.4 is 10.6 Å². The van der Waals surface area contributed by atoms with Crippen LogP contribution in [0.4, 0.5) is 0 Å². The lowest BCUT2D eigenvalue weighted by molar-refractivity contribution is 0.249. The minimum Gasteiger partial charge on any atom is -0.354 e. The van der Waals surface area contributed by atoms with Crippen molar-refractivity contribution in [3.05, 3.63) is 64.9 Å². The minimum atomic E-state index is 0.379. The van der Waals surface area contributed by atoms with Crippen LogP contribution in [0.3, 0.4) is 0 Å². The molecule has 0 aliphatic carbocycles. The van der Waals surface area contributed by atoms with Crippen LogP contribution in [0.15, 0.2) is 59.2 Å². The highest BCUT2D eigenvalue weighted by molar-refractivity contribution is 7.10. The number of likely N-dealkylation sites (tertiary alicyclic amines) is 1. The van der Waals surface area contributed by atoms with Gasteiger partial charge in [-0.25, -0.2) is 0 Å². The van der Waals surface area contributed by atoms with E-state index in [0.29, 0.717) is 12.6 Å². The quantitative estimate of drug-likeness (QED) is 0.464. The molecular formula is C21H27N7S. The fourth-order valence-electron chi connectivity index (χ4n) is 3.70. The maximum atomic E-state index is 4.39. The van der Waals surface area contributed by atoms with Crippen molar-refractivity contribution >= 4 is 17.3 Å². The molecule has 1 saturated heterocycles. The Morgan fingerprint density at radius 3 is 2.69 bits per heavy atom. The summed E-state index contributed by atoms with van der Waals surface area (Å²) in [4.78, 5) is 8.36. The Kier molecular flexibility index (Phi) is 6.53. The molecule has 3 heterocycles. The largest absolute Gasteiger partial charge is 0.354 e. The van der Waals surface area contributed by atoms with Gasteiger partial charge in [0.05, 0.1) is 12.6 Å². The molecular weight excluding hydrogens is 382 g/mol. The van der Waals surface area contributed by atoms with Gasteiger partial charge in [0.1, 0.15) is 6.33 Å². The number of hydrogen-bond donors (Lipinski definition) is 2. The number of aliphatic imine (C=N–C) groups is 1. The van der Waals surface area contributed by atoms with Crippen LogP contribution in [0.2, 0.25) is 0 Å². The van der Waals surface area contributed by atoms with E-state index in [0.717, 1.165) is 37.1 Å². The first-order valence-electron chi connectivity index (χ1n) is 10.0. The zero-order valence-electron chi connectivity index (χ0n) is 16.7. The van der Waals surface area contributed by atoms with Crippen molar-refractivity contribution in [1.82, 2.24) is 30.3 Å². The van der Waals surface area contributed by atoms with E-state index in [2.05, 4.69) is 48.2 Å². The smallest absolute Gasteiger partial charge is 0.191 e. The van der Waals surface area contributed by atoms with Crippen LogP contribution in [-0.4, -0.2) is 52.3 Å². The lowest BCUT2D eigenvalue weighted by atomic mass is 10.2. The van der Waals surface area contributed by atoms with Crippen LogP contribution >= 0.6 is 11.3 Å². The molecule has 4 rings (SSSR count). The second-order valence-electron chi connectivity index (χ2n) is 7.03. The standard InChI is InChI=1S/C21H27N7S/c1-22-21(23-14-18(19-10-7-13-29-19)27-11-5-6-12-27)24-15-20-26-25-16-28(20)17-8-3-2-4-9-17/h2-4,7-10,13,16,18H,5-6,11-12,14-15H2,1H3,(H2,22,23,24). The van der Waals surface area contributed by atoms with Crippen LogP contribution in [0.25, 0.3) is 5.69 Å². The lowest BCUT2D eigenvalue weighted by Crippen LogP contribution is -2.42. The third-order valence-electron chi connectivity index (χ3n) is 5.21. The highest BCUT2D eigenvalue weighted by Gasteiger charge is 2.24. The monoisotopic (exact) mass is 409 g/mol. The van der Waals surface area contributed by atoms with E-state index in [4.69, 9.17) is 0 Å². The maximum absolute atomic E-state index is 4.39. The number of aromatic nitrogens is 3. The van der Waals surface area contributed by atoms with Gasteiger partial charge in [-0.2, -0.15) is 0 Å². The molecule has 0 spiro atoms. The average molecular weight is 410 g/mol. The topological polar surface area (TPSA) is 70.4 Å². The van der Waals surface area contributed by atoms with Crippen molar-refractivity contribution in [2.24, 2.45) is 4.99 Å². The van der Waals surface area contributed by atoms with Gasteiger partial charge in [-0.05, 0) is 49.5 Å². The summed E-state index contributed by atoms with van der Waals surface area (Å²) in [5, 5.41) is 17.4. The normalized spacial score (nSPS) is 16.1. The van der Waals surface area contributed by atoms with E-state index in [1.54, 1.807) is 13.4 Å². The number of guanidine groups is 1. The molecule has 1 unspecified atom stereocenters. The zero-order chi connectivity index (χ0) is 19.9. The van der Waals surface area contributed by atoms with Crippen molar-refractivity contribution in [3.8, 4) is 5.69 Å². The SMILES string of the molecule is CN=C(NCc1nncn1-c1ccccc1)NCC(c1cccs1)N1CCCC1. The molecule has 1 aliphatic heterocycles. The van der Waals surface area contributed by atoms with E-state index in [1.165, 1.54) is 17.7 Å². The predicted molar refractivity (Wildman–Crippen MR) is 117 cm³/mol. The van der Waals surface area contributed by atoms with E-state index < -0.39 is 0 Å². The predicted octanol–water partition coefficient (Wildman–Crippen LogP) is 2.83. The summed E-state index contributed by atoms with van der Waals surface area (Å²) >= 11 is 1.82. The molecule has 1 fully saturated rings. The maximum Gasteiger partial charge on any atom is 0.191 e. The molecule has 1 aromatic carbocycles. The molecule has 0 saturated carbocycles. The fourth-order valence-corrected chi connectivity index (χ4v) is 4.57. The molecule has 7 nitrogen and oxygen atoms in total. The van der Waals surface area contributed by atoms with Crippen molar-refractivity contribution in [3.63, 3.8) is 0 Å². The van der Waals surface area contributed by atoms with Gasteiger partial charge < -0.3 is 10.6 Å². The number of rotatable bonds is 7. The van der Waals surface area contributed by atoms with Gasteiger partial charge in [-0.1, -0.05) is 24.3 Å². The number of benzene rings is 1. The van der Waals surface area contributed by atoms with E-state index in [1.807, 2.05) is 46.2 Å². The molecule has 29 heavy (non-hydrogen) atoms.